The maximum Gasteiger partial charge on any atom is 0.407 e. The normalized spacial score (nSPS) is 18.0. The van der Waals surface area contributed by atoms with Gasteiger partial charge in [0.1, 0.15) is 17.7 Å². The van der Waals surface area contributed by atoms with Crippen molar-refractivity contribution in [2.45, 2.75) is 103 Å². The van der Waals surface area contributed by atoms with Crippen LogP contribution in [0.25, 0.3) is 44.7 Å². The Morgan fingerprint density at radius 2 is 1.78 bits per heavy atom. The molecular formula is C48H61N9O7. The van der Waals surface area contributed by atoms with E-state index in [1.807, 2.05) is 24.9 Å². The lowest BCUT2D eigenvalue weighted by molar-refractivity contribution is -0.145. The minimum Gasteiger partial charge on any atom is -0.453 e. The molecule has 2 saturated heterocycles. The number of aliphatic hydroxyl groups excluding tert-OH is 1. The predicted octanol–water partition coefficient (Wildman–Crippen LogP) is 5.96. The Kier molecular flexibility index (Phi) is 14.3. The number of rotatable bonds is 16. The molecule has 3 aromatic heterocycles. The third-order valence-corrected chi connectivity index (χ3v) is 12.9. The third-order valence-electron chi connectivity index (χ3n) is 12.9. The van der Waals surface area contributed by atoms with Gasteiger partial charge < -0.3 is 44.8 Å². The van der Waals surface area contributed by atoms with Crippen LogP contribution in [0.3, 0.4) is 0 Å². The van der Waals surface area contributed by atoms with Gasteiger partial charge in [-0.2, -0.15) is 0 Å². The van der Waals surface area contributed by atoms with Crippen molar-refractivity contribution in [3.05, 3.63) is 77.6 Å². The molecule has 340 valence electrons. The van der Waals surface area contributed by atoms with Crippen LogP contribution in [0.1, 0.15) is 87.7 Å². The van der Waals surface area contributed by atoms with E-state index in [1.54, 1.807) is 0 Å². The number of aryl methyl sites for hydroxylation is 3. The first kappa shape index (κ1) is 44.9. The molecule has 4 unspecified atom stereocenters. The van der Waals surface area contributed by atoms with E-state index in [0.29, 0.717) is 39.1 Å². The lowest BCUT2D eigenvalue weighted by Crippen LogP contribution is -2.52. The maximum absolute atomic E-state index is 13.8. The van der Waals surface area contributed by atoms with E-state index in [9.17, 15) is 19.5 Å². The van der Waals surface area contributed by atoms with Gasteiger partial charge in [-0.15, -0.1) is 0 Å². The number of aromatic amines is 2. The van der Waals surface area contributed by atoms with Gasteiger partial charge in [0, 0.05) is 67.6 Å². The lowest BCUT2D eigenvalue weighted by Gasteiger charge is -2.31. The average Bonchev–Trinajstić information content (AvgIpc) is 4.08. The molecular weight excluding hydrogens is 815 g/mol. The smallest absolute Gasteiger partial charge is 0.407 e. The molecule has 2 aromatic carbocycles. The molecule has 16 nitrogen and oxygen atoms in total. The van der Waals surface area contributed by atoms with Crippen molar-refractivity contribution in [3.8, 4) is 33.8 Å². The van der Waals surface area contributed by atoms with Crippen LogP contribution in [0.15, 0.2) is 54.7 Å². The van der Waals surface area contributed by atoms with Crippen LogP contribution in [0.4, 0.5) is 4.79 Å². The molecule has 4 atom stereocenters. The quantitative estimate of drug-likeness (QED) is 0.0504. The Bertz CT molecular complexity index is 2430. The molecule has 2 aliphatic heterocycles. The summed E-state index contributed by atoms with van der Waals surface area (Å²) in [5.41, 5.74) is 9.22. The predicted molar refractivity (Wildman–Crippen MR) is 242 cm³/mol. The number of unbranched alkanes of at least 4 members (excludes halogenated alkanes) is 1. The summed E-state index contributed by atoms with van der Waals surface area (Å²) in [5.74, 6) is 1.40. The number of hydrogen-bond donors (Lipinski definition) is 6. The largest absolute Gasteiger partial charge is 0.453 e. The number of benzene rings is 2. The number of pyridine rings is 1. The second-order valence-corrected chi connectivity index (χ2v) is 17.5. The molecule has 2 fully saturated rings. The fourth-order valence-electron chi connectivity index (χ4n) is 9.36. The fraction of sp³-hybridized carbons (Fsp3) is 0.500. The number of nitrogens with one attached hydrogen (secondary N) is 5. The Morgan fingerprint density at radius 1 is 0.953 bits per heavy atom. The number of fused-ring (bicyclic) bond motifs is 4. The number of amides is 3. The summed E-state index contributed by atoms with van der Waals surface area (Å²) >= 11 is 0. The van der Waals surface area contributed by atoms with E-state index in [4.69, 9.17) is 24.2 Å². The minimum absolute atomic E-state index is 0.00698. The van der Waals surface area contributed by atoms with Crippen molar-refractivity contribution in [3.63, 3.8) is 0 Å². The number of likely N-dealkylation sites (tertiary alicyclic amines) is 1. The van der Waals surface area contributed by atoms with Crippen molar-refractivity contribution in [2.75, 3.05) is 40.5 Å². The van der Waals surface area contributed by atoms with Crippen LogP contribution in [-0.2, 0) is 43.1 Å². The highest BCUT2D eigenvalue weighted by Crippen LogP contribution is 2.38. The van der Waals surface area contributed by atoms with Gasteiger partial charge >= 0.3 is 6.09 Å². The summed E-state index contributed by atoms with van der Waals surface area (Å²) in [4.78, 5) is 62.7. The minimum atomic E-state index is -1.22. The van der Waals surface area contributed by atoms with Crippen molar-refractivity contribution in [1.29, 1.82) is 0 Å². The molecule has 3 aliphatic rings. The highest BCUT2D eigenvalue weighted by molar-refractivity contribution is 5.87. The number of H-pyrrole nitrogens is 2. The van der Waals surface area contributed by atoms with Crippen molar-refractivity contribution in [1.82, 2.24) is 45.8 Å². The van der Waals surface area contributed by atoms with Gasteiger partial charge in [0.05, 0.1) is 48.0 Å². The summed E-state index contributed by atoms with van der Waals surface area (Å²) in [7, 11) is 2.70. The standard InChI is InChI=1S/C48H61N9O7/c1-28(2)41(55-47(60)62-3)46(59)57-22-8-11-39(57)44-53-37-10-7-9-30-25-31(13-16-34(30)43(37)54-44)35-17-14-32-26-33(15-18-36(32)51-35)38-27-50-40(52-38)12-5-6-21-49-45(58)42(56-48(61)63-4)29-19-23-64-24-20-29/h13-18,25-29,39,41-42,47,55,60H,5-12,19-24H2,1-4H3,(H,49,58)(H,50,52)(H,53,54)(H,56,61). The van der Waals surface area contributed by atoms with Gasteiger partial charge in [-0.3, -0.25) is 14.9 Å². The summed E-state index contributed by atoms with van der Waals surface area (Å²) in [6, 6.07) is 15.6. The zero-order valence-electron chi connectivity index (χ0n) is 37.2. The van der Waals surface area contributed by atoms with Crippen LogP contribution in [0.5, 0.6) is 0 Å². The van der Waals surface area contributed by atoms with Crippen LogP contribution < -0.4 is 16.0 Å². The number of imidazole rings is 2. The summed E-state index contributed by atoms with van der Waals surface area (Å²) in [6.07, 6.45) is 8.25. The highest BCUT2D eigenvalue weighted by Gasteiger charge is 2.38. The molecule has 5 heterocycles. The summed E-state index contributed by atoms with van der Waals surface area (Å²) in [6.45, 7) is 6.20. The summed E-state index contributed by atoms with van der Waals surface area (Å²) < 4.78 is 15.2. The number of hydrogen-bond acceptors (Lipinski definition) is 11. The van der Waals surface area contributed by atoms with Crippen LogP contribution in [0, 0.1) is 11.8 Å². The van der Waals surface area contributed by atoms with E-state index in [-0.39, 0.29) is 29.7 Å². The Labute approximate surface area is 373 Å². The van der Waals surface area contributed by atoms with E-state index in [2.05, 4.69) is 79.4 Å². The van der Waals surface area contributed by atoms with Crippen molar-refractivity contribution >= 4 is 28.8 Å². The second kappa shape index (κ2) is 20.4. The molecule has 6 N–H and O–H groups in total. The molecule has 0 radical (unpaired) electrons. The zero-order chi connectivity index (χ0) is 44.7. The topological polar surface area (TPSA) is 209 Å². The van der Waals surface area contributed by atoms with E-state index in [0.717, 1.165) is 113 Å². The molecule has 0 spiro atoms. The number of carbonyl (C=O) groups is 3. The first-order valence-corrected chi connectivity index (χ1v) is 22.7. The van der Waals surface area contributed by atoms with E-state index >= 15 is 0 Å². The molecule has 0 saturated carbocycles. The Morgan fingerprint density at radius 3 is 2.58 bits per heavy atom. The SMILES string of the molecule is COC(=O)NC(C(=O)NCCCCc1ncc(-c2ccc3nc(-c4ccc5c(c4)CCCc4[nH]c(C6CCCN6C(=O)C(NC(O)OC)C(C)C)nc4-5)ccc3c2)[nH]1)C1CCOCC1. The molecule has 64 heavy (non-hydrogen) atoms. The number of aromatic nitrogens is 5. The number of aliphatic hydroxyl groups is 1. The van der Waals surface area contributed by atoms with Crippen LogP contribution >= 0.6 is 0 Å². The number of methoxy groups -OCH3 is 2. The molecule has 1 aliphatic carbocycles. The monoisotopic (exact) mass is 875 g/mol. The van der Waals surface area contributed by atoms with Crippen molar-refractivity contribution in [2.24, 2.45) is 11.8 Å². The Balaban J connectivity index is 0.890. The van der Waals surface area contributed by atoms with Gasteiger partial charge in [0.2, 0.25) is 18.2 Å². The molecule has 3 amide bonds. The Hall–Kier alpha value is -5.68. The molecule has 5 aromatic rings. The second-order valence-electron chi connectivity index (χ2n) is 17.5. The molecule has 8 rings (SSSR count). The average molecular weight is 876 g/mol. The fourth-order valence-corrected chi connectivity index (χ4v) is 9.36. The van der Waals surface area contributed by atoms with Crippen LogP contribution in [-0.4, -0.2) is 112 Å². The van der Waals surface area contributed by atoms with Gasteiger partial charge in [-0.1, -0.05) is 38.1 Å². The van der Waals surface area contributed by atoms with Gasteiger partial charge in [-0.25, -0.2) is 19.7 Å². The first-order chi connectivity index (χ1) is 31.1. The number of ether oxygens (including phenoxy) is 3. The van der Waals surface area contributed by atoms with Crippen molar-refractivity contribution < 1.29 is 33.7 Å². The van der Waals surface area contributed by atoms with Crippen LogP contribution in [0.2, 0.25) is 0 Å². The molecule has 16 heteroatoms. The van der Waals surface area contributed by atoms with E-state index in [1.165, 1.54) is 19.8 Å². The number of nitrogens with zero attached hydrogens (tertiary/aromatic N) is 4. The highest BCUT2D eigenvalue weighted by atomic mass is 16.6. The summed E-state index contributed by atoms with van der Waals surface area (Å²) in [5, 5.41) is 19.8. The van der Waals surface area contributed by atoms with E-state index < -0.39 is 24.6 Å². The first-order valence-electron chi connectivity index (χ1n) is 22.7. The molecule has 0 bridgehead atoms. The third kappa shape index (κ3) is 10.1. The maximum atomic E-state index is 13.8. The van der Waals surface area contributed by atoms with Gasteiger partial charge in [-0.05, 0) is 99.5 Å². The van der Waals surface area contributed by atoms with Gasteiger partial charge in [0.25, 0.3) is 0 Å². The number of alkyl carbamates (subject to hydrolysis) is 1. The lowest BCUT2D eigenvalue weighted by atomic mass is 9.91. The number of carbonyl (C=O) groups excluding carboxylic acids is 3. The zero-order valence-corrected chi connectivity index (χ0v) is 37.2. The van der Waals surface area contributed by atoms with Gasteiger partial charge in [0.15, 0.2) is 0 Å².